The largest absolute Gasteiger partial charge is 0.497 e. The molecule has 1 atom stereocenters. The molecule has 0 saturated carbocycles. The minimum absolute atomic E-state index is 0.0268. The van der Waals surface area contributed by atoms with Crippen LogP contribution in [0.3, 0.4) is 0 Å². The van der Waals surface area contributed by atoms with Gasteiger partial charge in [0.15, 0.2) is 5.84 Å². The first-order valence-electron chi connectivity index (χ1n) is 7.25. The lowest BCUT2D eigenvalue weighted by Gasteiger charge is -2.27. The van der Waals surface area contributed by atoms with Crippen molar-refractivity contribution in [2.24, 2.45) is 4.40 Å². The fraction of sp³-hybridized carbons (Fsp3) is 0.235. The maximum atomic E-state index is 12.2. The molecule has 0 radical (unpaired) electrons. The smallest absolute Gasteiger partial charge is 0.285 e. The van der Waals surface area contributed by atoms with Crippen LogP contribution in [0.5, 0.6) is 5.75 Å². The van der Waals surface area contributed by atoms with Gasteiger partial charge in [-0.1, -0.05) is 24.3 Å². The summed E-state index contributed by atoms with van der Waals surface area (Å²) in [6.07, 6.45) is 0. The van der Waals surface area contributed by atoms with Gasteiger partial charge in [0.05, 0.1) is 13.2 Å². The number of benzene rings is 2. The molecule has 120 valence electrons. The molecular weight excluding hydrogens is 312 g/mol. The second-order valence-corrected chi connectivity index (χ2v) is 7.02. The van der Waals surface area contributed by atoms with Crippen LogP contribution in [0.1, 0.15) is 24.1 Å². The van der Waals surface area contributed by atoms with Crippen LogP contribution >= 0.6 is 0 Å². The molecular formula is C17H18N2O3S. The van der Waals surface area contributed by atoms with E-state index in [0.29, 0.717) is 11.4 Å². The Hall–Kier alpha value is -2.34. The van der Waals surface area contributed by atoms with Crippen LogP contribution in [0.25, 0.3) is 0 Å². The monoisotopic (exact) mass is 330 g/mol. The highest BCUT2D eigenvalue weighted by atomic mass is 32.2. The number of nitrogens with zero attached hydrogens (tertiary/aromatic N) is 2. The van der Waals surface area contributed by atoms with Gasteiger partial charge in [-0.05, 0) is 36.8 Å². The van der Waals surface area contributed by atoms with E-state index >= 15 is 0 Å². The number of sulfonamides is 1. The third-order valence-electron chi connectivity index (χ3n) is 4.13. The lowest BCUT2D eigenvalue weighted by Crippen LogP contribution is -2.29. The average Bonchev–Trinajstić information content (AvgIpc) is 2.85. The molecule has 1 heterocycles. The van der Waals surface area contributed by atoms with E-state index in [2.05, 4.69) is 4.40 Å². The van der Waals surface area contributed by atoms with Crippen molar-refractivity contribution in [1.82, 2.24) is 4.90 Å². The van der Waals surface area contributed by atoms with Gasteiger partial charge in [0.1, 0.15) is 10.6 Å². The van der Waals surface area contributed by atoms with E-state index in [0.717, 1.165) is 11.3 Å². The molecule has 6 heteroatoms. The molecule has 1 unspecified atom stereocenters. The van der Waals surface area contributed by atoms with Crippen molar-refractivity contribution in [1.29, 1.82) is 0 Å². The van der Waals surface area contributed by atoms with Crippen molar-refractivity contribution in [3.05, 3.63) is 59.7 Å². The van der Waals surface area contributed by atoms with Crippen LogP contribution in [0, 0.1) is 0 Å². The third-order valence-corrected chi connectivity index (χ3v) is 5.45. The first-order valence-corrected chi connectivity index (χ1v) is 8.69. The Labute approximate surface area is 136 Å². The van der Waals surface area contributed by atoms with Crippen LogP contribution in [-0.2, 0) is 10.0 Å². The summed E-state index contributed by atoms with van der Waals surface area (Å²) in [5.74, 6) is 1.26. The van der Waals surface area contributed by atoms with E-state index in [4.69, 9.17) is 4.74 Å². The Bertz CT molecular complexity index is 858. The predicted octanol–water partition coefficient (Wildman–Crippen LogP) is 2.84. The zero-order valence-electron chi connectivity index (χ0n) is 13.2. The molecule has 3 rings (SSSR count). The summed E-state index contributed by atoms with van der Waals surface area (Å²) >= 11 is 0. The Morgan fingerprint density at radius 2 is 1.74 bits per heavy atom. The van der Waals surface area contributed by atoms with Crippen LogP contribution in [0.15, 0.2) is 57.8 Å². The second-order valence-electron chi connectivity index (χ2n) is 5.45. The van der Waals surface area contributed by atoms with Gasteiger partial charge < -0.3 is 9.64 Å². The number of methoxy groups -OCH3 is 1. The zero-order chi connectivity index (χ0) is 16.6. The highest BCUT2D eigenvalue weighted by Gasteiger charge is 2.32. The van der Waals surface area contributed by atoms with Gasteiger partial charge in [-0.2, -0.15) is 8.42 Å². The fourth-order valence-electron chi connectivity index (χ4n) is 2.63. The molecule has 5 nitrogen and oxygen atoms in total. The lowest BCUT2D eigenvalue weighted by atomic mass is 10.1. The van der Waals surface area contributed by atoms with Crippen molar-refractivity contribution >= 4 is 15.9 Å². The van der Waals surface area contributed by atoms with E-state index < -0.39 is 10.0 Å². The Morgan fingerprint density at radius 1 is 1.09 bits per heavy atom. The van der Waals surface area contributed by atoms with Gasteiger partial charge in [0, 0.05) is 12.6 Å². The number of hydrogen-bond acceptors (Lipinski definition) is 4. The van der Waals surface area contributed by atoms with Crippen LogP contribution in [-0.4, -0.2) is 33.3 Å². The van der Waals surface area contributed by atoms with Crippen molar-refractivity contribution < 1.29 is 13.2 Å². The van der Waals surface area contributed by atoms with Crippen LogP contribution in [0.2, 0.25) is 0 Å². The molecule has 0 spiro atoms. The standard InChI is InChI=1S/C17H18N2O3S/c1-12(13-8-10-14(22-3)11-9-13)19(2)17-15-6-4-5-7-16(15)23(20,21)18-17/h4-12H,1-3H3. The number of fused-ring (bicyclic) bond motifs is 1. The maximum Gasteiger partial charge on any atom is 0.285 e. The van der Waals surface area contributed by atoms with E-state index in [-0.39, 0.29) is 10.9 Å². The molecule has 0 fully saturated rings. The molecule has 0 bridgehead atoms. The third kappa shape index (κ3) is 2.70. The van der Waals surface area contributed by atoms with Crippen molar-refractivity contribution in [2.75, 3.05) is 14.2 Å². The Morgan fingerprint density at radius 3 is 2.39 bits per heavy atom. The van der Waals surface area contributed by atoms with Gasteiger partial charge in [-0.25, -0.2) is 0 Å². The van der Waals surface area contributed by atoms with Crippen LogP contribution < -0.4 is 4.74 Å². The fourth-order valence-corrected chi connectivity index (χ4v) is 3.87. The average molecular weight is 330 g/mol. The molecule has 0 aromatic heterocycles. The SMILES string of the molecule is COc1ccc(C(C)N(C)C2=NS(=O)(=O)c3ccccc32)cc1. The van der Waals surface area contributed by atoms with Gasteiger partial charge in [-0.15, -0.1) is 4.40 Å². The van der Waals surface area contributed by atoms with Crippen molar-refractivity contribution in [2.45, 2.75) is 17.9 Å². The summed E-state index contributed by atoms with van der Waals surface area (Å²) in [6.45, 7) is 2.01. The number of amidine groups is 1. The molecule has 0 saturated heterocycles. The summed E-state index contributed by atoms with van der Waals surface area (Å²) in [5, 5.41) is 0. The van der Waals surface area contributed by atoms with Gasteiger partial charge in [0.25, 0.3) is 10.0 Å². The highest BCUT2D eigenvalue weighted by molar-refractivity contribution is 7.90. The van der Waals surface area contributed by atoms with E-state index in [1.165, 1.54) is 0 Å². The van der Waals surface area contributed by atoms with Crippen molar-refractivity contribution in [3.63, 3.8) is 0 Å². The number of hydrogen-bond donors (Lipinski definition) is 0. The minimum Gasteiger partial charge on any atom is -0.497 e. The van der Waals surface area contributed by atoms with Crippen LogP contribution in [0.4, 0.5) is 0 Å². The van der Waals surface area contributed by atoms with Gasteiger partial charge in [0.2, 0.25) is 0 Å². The lowest BCUT2D eigenvalue weighted by molar-refractivity contribution is 0.400. The summed E-state index contributed by atoms with van der Waals surface area (Å²) in [6, 6.07) is 14.6. The molecule has 2 aromatic carbocycles. The van der Waals surface area contributed by atoms with Crippen molar-refractivity contribution in [3.8, 4) is 5.75 Å². The molecule has 0 aliphatic carbocycles. The Kier molecular flexibility index (Phi) is 3.85. The molecule has 1 aliphatic heterocycles. The van der Waals surface area contributed by atoms with E-state index in [1.807, 2.05) is 49.2 Å². The second kappa shape index (κ2) is 5.70. The molecule has 2 aromatic rings. The summed E-state index contributed by atoms with van der Waals surface area (Å²) in [7, 11) is -0.123. The normalized spacial score (nSPS) is 16.4. The Balaban J connectivity index is 1.95. The molecule has 23 heavy (non-hydrogen) atoms. The topological polar surface area (TPSA) is 59.0 Å². The summed E-state index contributed by atoms with van der Waals surface area (Å²) < 4.78 is 33.5. The summed E-state index contributed by atoms with van der Waals surface area (Å²) in [4.78, 5) is 2.15. The highest BCUT2D eigenvalue weighted by Crippen LogP contribution is 2.31. The molecule has 1 aliphatic rings. The number of rotatable bonds is 3. The minimum atomic E-state index is -3.60. The molecule has 0 amide bonds. The van der Waals surface area contributed by atoms with Gasteiger partial charge in [-0.3, -0.25) is 0 Å². The maximum absolute atomic E-state index is 12.2. The van der Waals surface area contributed by atoms with E-state index in [1.54, 1.807) is 25.3 Å². The zero-order valence-corrected chi connectivity index (χ0v) is 14.0. The first-order chi connectivity index (χ1) is 10.9. The first kappa shape index (κ1) is 15.6. The van der Waals surface area contributed by atoms with E-state index in [9.17, 15) is 8.42 Å². The predicted molar refractivity (Wildman–Crippen MR) is 89.3 cm³/mol. The van der Waals surface area contributed by atoms with Gasteiger partial charge >= 0.3 is 0 Å². The number of ether oxygens (including phenoxy) is 1. The molecule has 0 N–H and O–H groups in total. The quantitative estimate of drug-likeness (QED) is 0.868. The summed E-state index contributed by atoms with van der Waals surface area (Å²) in [5.41, 5.74) is 1.70.